The van der Waals surface area contributed by atoms with Crippen LogP contribution < -0.4 is 10.6 Å². The molecule has 0 saturated carbocycles. The van der Waals surface area contributed by atoms with Gasteiger partial charge in [0.1, 0.15) is 5.82 Å². The fourth-order valence-corrected chi connectivity index (χ4v) is 5.00. The highest BCUT2D eigenvalue weighted by Crippen LogP contribution is 2.29. The third-order valence-electron chi connectivity index (χ3n) is 5.10. The monoisotopic (exact) mass is 611 g/mol. The molecule has 1 heterocycles. The molecule has 0 unspecified atom stereocenters. The summed E-state index contributed by atoms with van der Waals surface area (Å²) in [6.07, 6.45) is 2.23. The lowest BCUT2D eigenvalue weighted by atomic mass is 10.0. The SMILES string of the molecule is C=CCn1c(SCC(=O)Nc2c(F)cc(F)cc2Br)nnc1[C@H](CC(C)C)NC(=O)c1ccccc1Cl. The Morgan fingerprint density at radius 3 is 2.62 bits per heavy atom. The number of benzene rings is 2. The molecule has 196 valence electrons. The first kappa shape index (κ1) is 28.8. The lowest BCUT2D eigenvalue weighted by Crippen LogP contribution is -2.32. The van der Waals surface area contributed by atoms with Crippen molar-refractivity contribution >= 4 is 56.8 Å². The Labute approximate surface area is 231 Å². The Hall–Kier alpha value is -2.76. The summed E-state index contributed by atoms with van der Waals surface area (Å²) >= 11 is 10.3. The zero-order chi connectivity index (χ0) is 27.1. The van der Waals surface area contributed by atoms with E-state index in [0.29, 0.717) is 40.6 Å². The van der Waals surface area contributed by atoms with Gasteiger partial charge in [0.2, 0.25) is 5.91 Å². The second-order valence-electron chi connectivity index (χ2n) is 8.46. The van der Waals surface area contributed by atoms with Gasteiger partial charge in [0, 0.05) is 17.1 Å². The summed E-state index contributed by atoms with van der Waals surface area (Å²) in [6.45, 7) is 8.17. The number of hydrogen-bond donors (Lipinski definition) is 2. The number of aromatic nitrogens is 3. The predicted molar refractivity (Wildman–Crippen MR) is 145 cm³/mol. The summed E-state index contributed by atoms with van der Waals surface area (Å²) < 4.78 is 29.3. The van der Waals surface area contributed by atoms with Crippen molar-refractivity contribution in [1.82, 2.24) is 20.1 Å². The Morgan fingerprint density at radius 1 is 1.24 bits per heavy atom. The molecule has 2 amide bonds. The Morgan fingerprint density at radius 2 is 1.97 bits per heavy atom. The number of hydrogen-bond acceptors (Lipinski definition) is 5. The van der Waals surface area contributed by atoms with Crippen LogP contribution in [0.25, 0.3) is 0 Å². The number of rotatable bonds is 11. The van der Waals surface area contributed by atoms with E-state index in [2.05, 4.69) is 43.3 Å². The van der Waals surface area contributed by atoms with Gasteiger partial charge in [-0.1, -0.05) is 55.4 Å². The van der Waals surface area contributed by atoms with Crippen LogP contribution in [0, 0.1) is 17.6 Å². The first-order chi connectivity index (χ1) is 17.6. The summed E-state index contributed by atoms with van der Waals surface area (Å²) in [7, 11) is 0. The maximum atomic E-state index is 14.1. The van der Waals surface area contributed by atoms with Crippen molar-refractivity contribution in [3.63, 3.8) is 0 Å². The average Bonchev–Trinajstić information content (AvgIpc) is 3.22. The van der Waals surface area contributed by atoms with Crippen molar-refractivity contribution in [2.24, 2.45) is 5.92 Å². The number of anilines is 1. The molecule has 0 spiro atoms. The van der Waals surface area contributed by atoms with Gasteiger partial charge in [0.25, 0.3) is 5.91 Å². The summed E-state index contributed by atoms with van der Waals surface area (Å²) in [4.78, 5) is 25.5. The summed E-state index contributed by atoms with van der Waals surface area (Å²) in [5.74, 6) is -1.91. The molecule has 0 bridgehead atoms. The highest BCUT2D eigenvalue weighted by Gasteiger charge is 2.25. The fraction of sp³-hybridized carbons (Fsp3) is 0.280. The molecule has 0 fully saturated rings. The van der Waals surface area contributed by atoms with Gasteiger partial charge < -0.3 is 15.2 Å². The minimum atomic E-state index is -0.895. The van der Waals surface area contributed by atoms with Crippen LogP contribution >= 0.6 is 39.3 Å². The maximum absolute atomic E-state index is 14.1. The van der Waals surface area contributed by atoms with Gasteiger partial charge in [-0.3, -0.25) is 9.59 Å². The molecule has 0 aliphatic heterocycles. The summed E-state index contributed by atoms with van der Waals surface area (Å²) in [5.41, 5.74) is 0.192. The quantitative estimate of drug-likeness (QED) is 0.193. The minimum Gasteiger partial charge on any atom is -0.342 e. The molecule has 7 nitrogen and oxygen atoms in total. The number of amides is 2. The van der Waals surface area contributed by atoms with Gasteiger partial charge in [-0.2, -0.15) is 0 Å². The van der Waals surface area contributed by atoms with Crippen molar-refractivity contribution < 1.29 is 18.4 Å². The van der Waals surface area contributed by atoms with Gasteiger partial charge >= 0.3 is 0 Å². The molecule has 0 radical (unpaired) electrons. The highest BCUT2D eigenvalue weighted by atomic mass is 79.9. The number of thioether (sulfide) groups is 1. The molecular formula is C25H25BrClF2N5O2S. The highest BCUT2D eigenvalue weighted by molar-refractivity contribution is 9.10. The standard InChI is InChI=1S/C25H25BrClF2N5O2S/c1-4-9-34-23(20(10-14(2)3)30-24(36)16-7-5-6-8-18(16)27)32-33-25(34)37-13-21(35)31-22-17(26)11-15(28)12-19(22)29/h4-8,11-12,14,20H,1,9-10,13H2,2-3H3,(H,30,36)(H,31,35)/t20-/m0/s1. The van der Waals surface area contributed by atoms with Crippen molar-refractivity contribution in [3.8, 4) is 0 Å². The topological polar surface area (TPSA) is 88.9 Å². The van der Waals surface area contributed by atoms with E-state index < -0.39 is 23.6 Å². The fourth-order valence-electron chi connectivity index (χ4n) is 3.51. The van der Waals surface area contributed by atoms with Crippen molar-refractivity contribution in [2.75, 3.05) is 11.1 Å². The number of carbonyl (C=O) groups is 2. The normalized spacial score (nSPS) is 11.9. The van der Waals surface area contributed by atoms with Crippen LogP contribution in [-0.2, 0) is 11.3 Å². The van der Waals surface area contributed by atoms with Gasteiger partial charge in [0.05, 0.1) is 28.1 Å². The molecule has 0 aliphatic rings. The minimum absolute atomic E-state index is 0.0891. The second kappa shape index (κ2) is 13.2. The van der Waals surface area contributed by atoms with Gasteiger partial charge in [-0.05, 0) is 46.5 Å². The van der Waals surface area contributed by atoms with Crippen molar-refractivity contribution in [3.05, 3.63) is 81.6 Å². The largest absolute Gasteiger partial charge is 0.342 e. The van der Waals surface area contributed by atoms with E-state index in [9.17, 15) is 18.4 Å². The van der Waals surface area contributed by atoms with Crippen LogP contribution in [0.2, 0.25) is 5.02 Å². The third kappa shape index (κ3) is 7.62. The van der Waals surface area contributed by atoms with Crippen LogP contribution in [0.15, 0.2) is 58.7 Å². The zero-order valence-electron chi connectivity index (χ0n) is 20.1. The first-order valence-corrected chi connectivity index (χ1v) is 13.4. The van der Waals surface area contributed by atoms with Gasteiger partial charge in [-0.25, -0.2) is 8.78 Å². The molecule has 3 rings (SSSR count). The van der Waals surface area contributed by atoms with Crippen molar-refractivity contribution in [2.45, 2.75) is 38.0 Å². The average molecular weight is 613 g/mol. The van der Waals surface area contributed by atoms with Crippen molar-refractivity contribution in [1.29, 1.82) is 0 Å². The Bertz CT molecular complexity index is 1280. The molecule has 1 aromatic heterocycles. The van der Waals surface area contributed by atoms with Crippen LogP contribution in [0.5, 0.6) is 0 Å². The van der Waals surface area contributed by atoms with Crippen LogP contribution in [-0.4, -0.2) is 32.3 Å². The molecular weight excluding hydrogens is 588 g/mol. The third-order valence-corrected chi connectivity index (χ3v) is 7.03. The van der Waals surface area contributed by atoms with Crippen LogP contribution in [0.4, 0.5) is 14.5 Å². The van der Waals surface area contributed by atoms with E-state index in [4.69, 9.17) is 11.6 Å². The smallest absolute Gasteiger partial charge is 0.253 e. The predicted octanol–water partition coefficient (Wildman–Crippen LogP) is 6.41. The molecule has 0 saturated heterocycles. The number of carbonyl (C=O) groups excluding carboxylic acids is 2. The van der Waals surface area contributed by atoms with E-state index in [1.165, 1.54) is 0 Å². The number of nitrogens with zero attached hydrogens (tertiary/aromatic N) is 3. The number of nitrogens with one attached hydrogen (secondary N) is 2. The van der Waals surface area contributed by atoms with E-state index >= 15 is 0 Å². The Balaban J connectivity index is 1.79. The summed E-state index contributed by atoms with van der Waals surface area (Å²) in [6, 6.07) is 8.02. The van der Waals surface area contributed by atoms with E-state index in [0.717, 1.165) is 17.8 Å². The molecule has 37 heavy (non-hydrogen) atoms. The zero-order valence-corrected chi connectivity index (χ0v) is 23.3. The first-order valence-electron chi connectivity index (χ1n) is 11.3. The van der Waals surface area contributed by atoms with E-state index in [1.807, 2.05) is 13.8 Å². The molecule has 0 aliphatic carbocycles. The van der Waals surface area contributed by atoms with E-state index in [1.54, 1.807) is 34.9 Å². The van der Waals surface area contributed by atoms with E-state index in [-0.39, 0.29) is 27.7 Å². The second-order valence-corrected chi connectivity index (χ2v) is 10.7. The number of halogens is 4. The lowest BCUT2D eigenvalue weighted by molar-refractivity contribution is -0.113. The van der Waals surface area contributed by atoms with Gasteiger partial charge in [0.15, 0.2) is 16.8 Å². The molecule has 12 heteroatoms. The van der Waals surface area contributed by atoms with Crippen LogP contribution in [0.1, 0.15) is 42.5 Å². The van der Waals surface area contributed by atoms with Gasteiger partial charge in [-0.15, -0.1) is 16.8 Å². The summed E-state index contributed by atoms with van der Waals surface area (Å²) in [5, 5.41) is 14.7. The molecule has 1 atom stereocenters. The molecule has 3 aromatic rings. The molecule has 2 aromatic carbocycles. The number of allylic oxidation sites excluding steroid dienone is 1. The lowest BCUT2D eigenvalue weighted by Gasteiger charge is -2.21. The van der Waals surface area contributed by atoms with Crippen LogP contribution in [0.3, 0.4) is 0 Å². The Kier molecular flexibility index (Phi) is 10.2. The maximum Gasteiger partial charge on any atom is 0.253 e. The molecule has 2 N–H and O–H groups in total.